The first-order valence-electron chi connectivity index (χ1n) is 8.89. The molecule has 0 atom stereocenters. The summed E-state index contributed by atoms with van der Waals surface area (Å²) in [5.74, 6) is 0.247. The Balaban J connectivity index is 1.62. The summed E-state index contributed by atoms with van der Waals surface area (Å²) in [6.07, 6.45) is 4.66. The number of nitrogens with zero attached hydrogens (tertiary/aromatic N) is 5. The van der Waals surface area contributed by atoms with E-state index in [-0.39, 0.29) is 5.95 Å². The number of pyridine rings is 1. The van der Waals surface area contributed by atoms with Crippen molar-refractivity contribution in [1.29, 1.82) is 0 Å². The second-order valence-electron chi connectivity index (χ2n) is 6.26. The van der Waals surface area contributed by atoms with E-state index in [9.17, 15) is 0 Å². The number of hydrogen-bond acceptors (Lipinski definition) is 5. The number of benzene rings is 1. The van der Waals surface area contributed by atoms with Gasteiger partial charge >= 0.3 is 0 Å². The van der Waals surface area contributed by atoms with Crippen molar-refractivity contribution in [2.75, 3.05) is 5.73 Å². The van der Waals surface area contributed by atoms with Crippen molar-refractivity contribution in [3.05, 3.63) is 78.4 Å². The Hall–Kier alpha value is -3.54. The molecule has 134 valence electrons. The van der Waals surface area contributed by atoms with Gasteiger partial charge in [0, 0.05) is 23.0 Å². The zero-order valence-electron chi connectivity index (χ0n) is 15.1. The van der Waals surface area contributed by atoms with E-state index in [0.29, 0.717) is 6.54 Å². The quantitative estimate of drug-likeness (QED) is 0.591. The Labute approximate surface area is 157 Å². The lowest BCUT2D eigenvalue weighted by Gasteiger charge is -2.05. The fourth-order valence-electron chi connectivity index (χ4n) is 2.93. The Morgan fingerprint density at radius 1 is 0.852 bits per heavy atom. The number of nitrogen functional groups attached to an aromatic ring is 1. The third kappa shape index (κ3) is 3.84. The summed E-state index contributed by atoms with van der Waals surface area (Å²) < 4.78 is 1.86. The molecule has 0 aliphatic rings. The number of aromatic nitrogens is 5. The summed E-state index contributed by atoms with van der Waals surface area (Å²) in [6.45, 7) is 2.71. The van der Waals surface area contributed by atoms with E-state index in [1.165, 1.54) is 0 Å². The Morgan fingerprint density at radius 3 is 2.37 bits per heavy atom. The van der Waals surface area contributed by atoms with Crippen LogP contribution in [0.3, 0.4) is 0 Å². The summed E-state index contributed by atoms with van der Waals surface area (Å²) in [4.78, 5) is 13.4. The Morgan fingerprint density at radius 2 is 1.59 bits per heavy atom. The number of hydrogen-bond donors (Lipinski definition) is 1. The van der Waals surface area contributed by atoms with E-state index in [2.05, 4.69) is 27.0 Å². The molecule has 0 unspecified atom stereocenters. The topological polar surface area (TPSA) is 82.5 Å². The van der Waals surface area contributed by atoms with Gasteiger partial charge in [-0.05, 0) is 24.6 Å². The maximum atomic E-state index is 5.94. The molecule has 4 rings (SSSR count). The molecule has 0 aliphatic carbocycles. The van der Waals surface area contributed by atoms with Crippen LogP contribution in [0.2, 0.25) is 0 Å². The van der Waals surface area contributed by atoms with Crippen LogP contribution in [-0.4, -0.2) is 24.7 Å². The van der Waals surface area contributed by atoms with Crippen LogP contribution in [0.1, 0.15) is 18.3 Å². The van der Waals surface area contributed by atoms with Gasteiger partial charge in [0.2, 0.25) is 5.95 Å². The number of rotatable bonds is 5. The van der Waals surface area contributed by atoms with E-state index in [4.69, 9.17) is 5.73 Å². The summed E-state index contributed by atoms with van der Waals surface area (Å²) in [5, 5.41) is 4.45. The molecule has 0 saturated carbocycles. The van der Waals surface area contributed by atoms with Crippen LogP contribution in [0.25, 0.3) is 22.5 Å². The molecule has 6 heteroatoms. The fraction of sp³-hybridized carbons (Fsp3) is 0.143. The van der Waals surface area contributed by atoms with Crippen molar-refractivity contribution < 1.29 is 0 Å². The Bertz CT molecular complexity index is 1060. The van der Waals surface area contributed by atoms with Crippen LogP contribution in [0.15, 0.2) is 67.0 Å². The lowest BCUT2D eigenvalue weighted by Crippen LogP contribution is -2.03. The minimum Gasteiger partial charge on any atom is -0.368 e. The van der Waals surface area contributed by atoms with Crippen molar-refractivity contribution in [2.24, 2.45) is 0 Å². The standard InChI is InChI=1S/C21H20N6/c1-2-17-9-6-10-18(24-17)14-27-13-16(12-23-27)20-11-19(25-21(22)26-20)15-7-4-3-5-8-15/h3-13H,2,14H2,1H3,(H2,22,25,26). The minimum atomic E-state index is 0.247. The molecule has 4 aromatic rings. The van der Waals surface area contributed by atoms with E-state index in [0.717, 1.165) is 40.3 Å². The summed E-state index contributed by atoms with van der Waals surface area (Å²) in [7, 11) is 0. The molecule has 0 aliphatic heterocycles. The molecule has 0 bridgehead atoms. The van der Waals surface area contributed by atoms with Gasteiger partial charge in [-0.25, -0.2) is 9.97 Å². The molecular formula is C21H20N6. The molecular weight excluding hydrogens is 336 g/mol. The lowest BCUT2D eigenvalue weighted by molar-refractivity contribution is 0.670. The van der Waals surface area contributed by atoms with Crippen LogP contribution in [0.4, 0.5) is 5.95 Å². The first-order valence-corrected chi connectivity index (χ1v) is 8.89. The van der Waals surface area contributed by atoms with Gasteiger partial charge in [0.1, 0.15) is 0 Å². The average Bonchev–Trinajstić information content (AvgIpc) is 3.17. The van der Waals surface area contributed by atoms with Crippen molar-refractivity contribution in [3.63, 3.8) is 0 Å². The smallest absolute Gasteiger partial charge is 0.221 e. The van der Waals surface area contributed by atoms with Crippen LogP contribution in [-0.2, 0) is 13.0 Å². The molecule has 6 nitrogen and oxygen atoms in total. The van der Waals surface area contributed by atoms with Crippen molar-refractivity contribution in [1.82, 2.24) is 24.7 Å². The zero-order valence-corrected chi connectivity index (χ0v) is 15.1. The van der Waals surface area contributed by atoms with Gasteiger partial charge in [-0.2, -0.15) is 5.10 Å². The highest BCUT2D eigenvalue weighted by molar-refractivity contribution is 5.68. The maximum Gasteiger partial charge on any atom is 0.221 e. The van der Waals surface area contributed by atoms with Crippen LogP contribution >= 0.6 is 0 Å². The van der Waals surface area contributed by atoms with Gasteiger partial charge in [0.05, 0.1) is 29.8 Å². The minimum absolute atomic E-state index is 0.247. The molecule has 0 spiro atoms. The van der Waals surface area contributed by atoms with E-state index < -0.39 is 0 Å². The molecule has 1 aromatic carbocycles. The van der Waals surface area contributed by atoms with Gasteiger partial charge in [-0.15, -0.1) is 0 Å². The van der Waals surface area contributed by atoms with Crippen LogP contribution in [0.5, 0.6) is 0 Å². The fourth-order valence-corrected chi connectivity index (χ4v) is 2.93. The second kappa shape index (κ2) is 7.37. The normalized spacial score (nSPS) is 10.9. The van der Waals surface area contributed by atoms with E-state index >= 15 is 0 Å². The number of aryl methyl sites for hydroxylation is 1. The van der Waals surface area contributed by atoms with E-state index in [1.54, 1.807) is 6.20 Å². The molecule has 27 heavy (non-hydrogen) atoms. The molecule has 0 fully saturated rings. The molecule has 2 N–H and O–H groups in total. The van der Waals surface area contributed by atoms with Gasteiger partial charge in [0.25, 0.3) is 0 Å². The second-order valence-corrected chi connectivity index (χ2v) is 6.26. The highest BCUT2D eigenvalue weighted by Crippen LogP contribution is 2.24. The third-order valence-corrected chi connectivity index (χ3v) is 4.29. The van der Waals surface area contributed by atoms with Gasteiger partial charge in [-0.3, -0.25) is 9.67 Å². The van der Waals surface area contributed by atoms with Crippen molar-refractivity contribution in [3.8, 4) is 22.5 Å². The number of nitrogens with two attached hydrogens (primary N) is 1. The molecule has 0 radical (unpaired) electrons. The van der Waals surface area contributed by atoms with Gasteiger partial charge in [-0.1, -0.05) is 43.3 Å². The predicted octanol–water partition coefficient (Wildman–Crippen LogP) is 3.60. The largest absolute Gasteiger partial charge is 0.368 e. The predicted molar refractivity (Wildman–Crippen MR) is 106 cm³/mol. The first-order chi connectivity index (χ1) is 13.2. The van der Waals surface area contributed by atoms with Crippen molar-refractivity contribution in [2.45, 2.75) is 19.9 Å². The Kier molecular flexibility index (Phi) is 4.61. The first kappa shape index (κ1) is 16.9. The van der Waals surface area contributed by atoms with Gasteiger partial charge in [0.15, 0.2) is 0 Å². The molecule has 0 saturated heterocycles. The van der Waals surface area contributed by atoms with Crippen LogP contribution < -0.4 is 5.73 Å². The molecule has 3 aromatic heterocycles. The highest BCUT2D eigenvalue weighted by Gasteiger charge is 2.09. The third-order valence-electron chi connectivity index (χ3n) is 4.29. The van der Waals surface area contributed by atoms with E-state index in [1.807, 2.05) is 65.5 Å². The maximum absolute atomic E-state index is 5.94. The summed E-state index contributed by atoms with van der Waals surface area (Å²) in [6, 6.07) is 17.9. The summed E-state index contributed by atoms with van der Waals surface area (Å²) in [5.41, 5.74) is 11.4. The van der Waals surface area contributed by atoms with Gasteiger partial charge < -0.3 is 5.73 Å². The molecule has 3 heterocycles. The monoisotopic (exact) mass is 356 g/mol. The van der Waals surface area contributed by atoms with Crippen molar-refractivity contribution >= 4 is 5.95 Å². The molecule has 0 amide bonds. The summed E-state index contributed by atoms with van der Waals surface area (Å²) >= 11 is 0. The van der Waals surface area contributed by atoms with Crippen LogP contribution in [0, 0.1) is 0 Å². The highest BCUT2D eigenvalue weighted by atomic mass is 15.3. The lowest BCUT2D eigenvalue weighted by atomic mass is 10.1. The average molecular weight is 356 g/mol. The SMILES string of the molecule is CCc1cccc(Cn2cc(-c3cc(-c4ccccc4)nc(N)n3)cn2)n1. The number of anilines is 1. The zero-order chi connectivity index (χ0) is 18.6.